The average molecular weight is 230 g/mol. The van der Waals surface area contributed by atoms with Gasteiger partial charge in [-0.2, -0.15) is 5.01 Å². The first-order chi connectivity index (χ1) is 8.27. The van der Waals surface area contributed by atoms with Crippen LogP contribution in [-0.2, 0) is 9.59 Å². The van der Waals surface area contributed by atoms with Gasteiger partial charge in [0.15, 0.2) is 0 Å². The first-order valence-corrected chi connectivity index (χ1v) is 5.44. The minimum Gasteiger partial charge on any atom is -0.272 e. The number of hydrogen-bond donors (Lipinski definition) is 0. The molecule has 17 heavy (non-hydrogen) atoms. The van der Waals surface area contributed by atoms with Gasteiger partial charge in [0.25, 0.3) is 0 Å². The number of carbonyl (C=O) groups is 2. The molecule has 1 aliphatic rings. The van der Waals surface area contributed by atoms with Crippen LogP contribution in [0.4, 0.5) is 0 Å². The maximum atomic E-state index is 11.8. The highest BCUT2D eigenvalue weighted by Crippen LogP contribution is 2.15. The molecule has 0 aliphatic carbocycles. The molecule has 1 aromatic heterocycles. The van der Waals surface area contributed by atoms with E-state index in [0.29, 0.717) is 30.3 Å². The molecule has 1 saturated heterocycles. The molecule has 6 heteroatoms. The van der Waals surface area contributed by atoms with Gasteiger partial charge in [-0.3, -0.25) is 9.59 Å². The van der Waals surface area contributed by atoms with Crippen molar-refractivity contribution in [1.82, 2.24) is 15.1 Å². The van der Waals surface area contributed by atoms with E-state index in [1.165, 1.54) is 4.79 Å². The lowest BCUT2D eigenvalue weighted by Gasteiger charge is -2.23. The number of imide groups is 1. The summed E-state index contributed by atoms with van der Waals surface area (Å²) in [5.74, 6) is -0.450. The summed E-state index contributed by atoms with van der Waals surface area (Å²) in [7, 11) is 0. The van der Waals surface area contributed by atoms with Crippen LogP contribution in [0.5, 0.6) is 0 Å². The first kappa shape index (κ1) is 9.95. The Hall–Kier alpha value is -2.24. The number of benzene rings is 1. The number of fused-ring (bicyclic) bond motifs is 1. The summed E-state index contributed by atoms with van der Waals surface area (Å²) in [6, 6.07) is 7.23. The molecule has 0 bridgehead atoms. The van der Waals surface area contributed by atoms with Crippen LogP contribution in [0, 0.1) is 0 Å². The Kier molecular flexibility index (Phi) is 2.14. The molecule has 6 nitrogen and oxygen atoms in total. The largest absolute Gasteiger partial charge is 0.272 e. The highest BCUT2D eigenvalue weighted by molar-refractivity contribution is 6.10. The fourth-order valence-corrected chi connectivity index (χ4v) is 1.96. The molecule has 0 unspecified atom stereocenters. The van der Waals surface area contributed by atoms with Crippen LogP contribution in [0.1, 0.15) is 19.3 Å². The standard InChI is InChI=1S/C11H10N4O2/c16-10-6-3-7-11(17)14(10)15-9-5-2-1-4-8(9)12-13-15/h1-2,4-5H,3,6-7H2. The molecular weight excluding hydrogens is 220 g/mol. The molecule has 0 radical (unpaired) electrons. The molecule has 2 heterocycles. The normalized spacial score (nSPS) is 16.8. The van der Waals surface area contributed by atoms with Crippen LogP contribution in [0.25, 0.3) is 11.0 Å². The third-order valence-corrected chi connectivity index (χ3v) is 2.78. The Balaban J connectivity index is 2.14. The Morgan fingerprint density at radius 1 is 1.06 bits per heavy atom. The zero-order valence-corrected chi connectivity index (χ0v) is 9.04. The molecule has 86 valence electrons. The predicted molar refractivity (Wildman–Crippen MR) is 59.6 cm³/mol. The second-order valence-electron chi connectivity index (χ2n) is 3.92. The number of carbonyl (C=O) groups excluding carboxylic acids is 2. The van der Waals surface area contributed by atoms with Crippen molar-refractivity contribution in [3.8, 4) is 0 Å². The van der Waals surface area contributed by atoms with Crippen LogP contribution in [0.15, 0.2) is 24.3 Å². The maximum Gasteiger partial charge on any atom is 0.249 e. The van der Waals surface area contributed by atoms with E-state index in [-0.39, 0.29) is 11.8 Å². The smallest absolute Gasteiger partial charge is 0.249 e. The number of aromatic nitrogens is 3. The van der Waals surface area contributed by atoms with Gasteiger partial charge in [-0.05, 0) is 23.8 Å². The van der Waals surface area contributed by atoms with Crippen molar-refractivity contribution in [2.24, 2.45) is 0 Å². The van der Waals surface area contributed by atoms with Crippen molar-refractivity contribution in [3.05, 3.63) is 24.3 Å². The zero-order valence-electron chi connectivity index (χ0n) is 9.04. The summed E-state index contributed by atoms with van der Waals surface area (Å²) in [5.41, 5.74) is 1.33. The number of hydrogen-bond acceptors (Lipinski definition) is 4. The molecule has 2 aromatic rings. The van der Waals surface area contributed by atoms with E-state index in [1.807, 2.05) is 12.1 Å². The molecule has 1 aliphatic heterocycles. The molecular formula is C11H10N4O2. The summed E-state index contributed by atoms with van der Waals surface area (Å²) in [5, 5.41) is 8.88. The maximum absolute atomic E-state index is 11.8. The van der Waals surface area contributed by atoms with Crippen molar-refractivity contribution >= 4 is 22.8 Å². The highest BCUT2D eigenvalue weighted by atomic mass is 16.2. The lowest BCUT2D eigenvalue weighted by molar-refractivity contribution is -0.131. The molecule has 0 spiro atoms. The van der Waals surface area contributed by atoms with Crippen molar-refractivity contribution in [2.75, 3.05) is 5.01 Å². The van der Waals surface area contributed by atoms with Crippen molar-refractivity contribution in [3.63, 3.8) is 0 Å². The molecule has 0 saturated carbocycles. The molecule has 3 rings (SSSR count). The Labute approximate surface area is 96.8 Å². The molecule has 1 aromatic carbocycles. The van der Waals surface area contributed by atoms with E-state index in [0.717, 1.165) is 5.01 Å². The first-order valence-electron chi connectivity index (χ1n) is 5.44. The van der Waals surface area contributed by atoms with Crippen LogP contribution < -0.4 is 5.01 Å². The summed E-state index contributed by atoms with van der Waals surface area (Å²) in [6.45, 7) is 0. The van der Waals surface area contributed by atoms with Gasteiger partial charge >= 0.3 is 0 Å². The number of piperidine rings is 1. The van der Waals surface area contributed by atoms with E-state index in [9.17, 15) is 9.59 Å². The second kappa shape index (κ2) is 3.65. The summed E-state index contributed by atoms with van der Waals surface area (Å²) in [4.78, 5) is 24.8. The fourth-order valence-electron chi connectivity index (χ4n) is 1.96. The molecule has 0 N–H and O–H groups in total. The van der Waals surface area contributed by atoms with Gasteiger partial charge in [0.05, 0.1) is 0 Å². The summed E-state index contributed by atoms with van der Waals surface area (Å²) < 4.78 is 0. The average Bonchev–Trinajstić information content (AvgIpc) is 2.73. The van der Waals surface area contributed by atoms with Crippen LogP contribution >= 0.6 is 0 Å². The van der Waals surface area contributed by atoms with Crippen molar-refractivity contribution in [2.45, 2.75) is 19.3 Å². The Morgan fingerprint density at radius 3 is 2.53 bits per heavy atom. The number of nitrogens with zero attached hydrogens (tertiary/aromatic N) is 4. The third-order valence-electron chi connectivity index (χ3n) is 2.78. The molecule has 1 fully saturated rings. The van der Waals surface area contributed by atoms with Gasteiger partial charge in [-0.25, -0.2) is 0 Å². The van der Waals surface area contributed by atoms with E-state index in [1.54, 1.807) is 12.1 Å². The topological polar surface area (TPSA) is 68.1 Å². The second-order valence-corrected chi connectivity index (χ2v) is 3.92. The number of rotatable bonds is 1. The van der Waals surface area contributed by atoms with E-state index >= 15 is 0 Å². The van der Waals surface area contributed by atoms with E-state index < -0.39 is 0 Å². The molecule has 2 amide bonds. The van der Waals surface area contributed by atoms with E-state index in [2.05, 4.69) is 10.3 Å². The Morgan fingerprint density at radius 2 is 1.76 bits per heavy atom. The highest BCUT2D eigenvalue weighted by Gasteiger charge is 2.29. The van der Waals surface area contributed by atoms with Crippen molar-refractivity contribution in [1.29, 1.82) is 0 Å². The predicted octanol–water partition coefficient (Wildman–Crippen LogP) is 0.606. The van der Waals surface area contributed by atoms with Crippen LogP contribution in [-0.4, -0.2) is 26.9 Å². The zero-order chi connectivity index (χ0) is 11.8. The van der Waals surface area contributed by atoms with Crippen LogP contribution in [0.3, 0.4) is 0 Å². The van der Waals surface area contributed by atoms with Gasteiger partial charge < -0.3 is 0 Å². The Bertz CT molecular complexity index is 588. The quantitative estimate of drug-likeness (QED) is 0.673. The fraction of sp³-hybridized carbons (Fsp3) is 0.273. The third kappa shape index (κ3) is 1.49. The molecule has 0 atom stereocenters. The van der Waals surface area contributed by atoms with Crippen molar-refractivity contribution < 1.29 is 9.59 Å². The lowest BCUT2D eigenvalue weighted by Crippen LogP contribution is -2.48. The van der Waals surface area contributed by atoms with Gasteiger partial charge in [-0.1, -0.05) is 12.1 Å². The minimum atomic E-state index is -0.225. The number of para-hydroxylation sites is 1. The van der Waals surface area contributed by atoms with E-state index in [4.69, 9.17) is 0 Å². The van der Waals surface area contributed by atoms with Gasteiger partial charge in [0.2, 0.25) is 11.8 Å². The minimum absolute atomic E-state index is 0.225. The van der Waals surface area contributed by atoms with Gasteiger partial charge in [0, 0.05) is 12.8 Å². The van der Waals surface area contributed by atoms with Crippen LogP contribution in [0.2, 0.25) is 0 Å². The van der Waals surface area contributed by atoms with Gasteiger partial charge in [-0.15, -0.1) is 9.89 Å². The number of amides is 2. The lowest BCUT2D eigenvalue weighted by atomic mass is 10.1. The van der Waals surface area contributed by atoms with Gasteiger partial charge in [0.1, 0.15) is 11.0 Å². The summed E-state index contributed by atoms with van der Waals surface area (Å²) >= 11 is 0. The summed E-state index contributed by atoms with van der Waals surface area (Å²) in [6.07, 6.45) is 1.36. The SMILES string of the molecule is O=C1CCCC(=O)N1n1nnc2ccccc21. The monoisotopic (exact) mass is 230 g/mol.